The van der Waals surface area contributed by atoms with E-state index in [4.69, 9.17) is 4.74 Å². The lowest BCUT2D eigenvalue weighted by Gasteiger charge is -2.38. The highest BCUT2D eigenvalue weighted by atomic mass is 16.5. The van der Waals surface area contributed by atoms with Crippen LogP contribution in [0.2, 0.25) is 0 Å². The van der Waals surface area contributed by atoms with Crippen molar-refractivity contribution in [1.82, 2.24) is 15.1 Å². The molecule has 0 spiro atoms. The van der Waals surface area contributed by atoms with Crippen molar-refractivity contribution in [3.05, 3.63) is 126 Å². The fourth-order valence-corrected chi connectivity index (χ4v) is 4.76. The highest BCUT2D eigenvalue weighted by Crippen LogP contribution is 2.41. The molecule has 0 fully saturated rings. The molecule has 0 atom stereocenters. The highest BCUT2D eigenvalue weighted by molar-refractivity contribution is 6.05. The van der Waals surface area contributed by atoms with Crippen LogP contribution in [0.25, 0.3) is 0 Å². The number of nitrogens with one attached hydrogen (secondary N) is 3. The molecule has 0 aliphatic heterocycles. The van der Waals surface area contributed by atoms with Crippen LogP contribution in [0, 0.1) is 11.3 Å². The van der Waals surface area contributed by atoms with Crippen molar-refractivity contribution < 1.29 is 14.3 Å². The molecule has 4 aromatic rings. The number of ether oxygens (including phenoxy) is 1. The zero-order valence-electron chi connectivity index (χ0n) is 24.8. The van der Waals surface area contributed by atoms with Crippen molar-refractivity contribution in [2.45, 2.75) is 38.3 Å². The first-order chi connectivity index (χ1) is 20.6. The highest BCUT2D eigenvalue weighted by Gasteiger charge is 2.38. The first-order valence-corrected chi connectivity index (χ1v) is 14.0. The third-order valence-electron chi connectivity index (χ3n) is 6.73. The Hall–Kier alpha value is -5.36. The number of hydrogen-bond acceptors (Lipinski definition) is 6. The van der Waals surface area contributed by atoms with Gasteiger partial charge in [-0.3, -0.25) is 9.48 Å². The Bertz CT molecular complexity index is 1500. The third kappa shape index (κ3) is 7.49. The first kappa shape index (κ1) is 30.6. The molecule has 43 heavy (non-hydrogen) atoms. The van der Waals surface area contributed by atoms with Gasteiger partial charge >= 0.3 is 6.09 Å². The number of alkyl carbamates (subject to hydrolysis) is 1. The Balaban J connectivity index is 1.67. The number of nitrogens with zero attached hydrogens (tertiary/aromatic N) is 3. The number of hydrogen-bond donors (Lipinski definition) is 3. The van der Waals surface area contributed by atoms with Crippen LogP contribution in [0.3, 0.4) is 0 Å². The van der Waals surface area contributed by atoms with Gasteiger partial charge in [0, 0.05) is 30.7 Å². The van der Waals surface area contributed by atoms with Crippen molar-refractivity contribution in [2.24, 2.45) is 7.05 Å². The van der Waals surface area contributed by atoms with Crippen LogP contribution in [-0.4, -0.2) is 33.9 Å². The van der Waals surface area contributed by atoms with E-state index in [0.29, 0.717) is 11.5 Å². The van der Waals surface area contributed by atoms with Gasteiger partial charge in [0.05, 0.1) is 18.9 Å². The van der Waals surface area contributed by atoms with E-state index in [0.717, 1.165) is 22.8 Å². The zero-order valence-corrected chi connectivity index (χ0v) is 24.8. The van der Waals surface area contributed by atoms with Crippen molar-refractivity contribution in [1.29, 1.82) is 5.26 Å². The van der Waals surface area contributed by atoms with E-state index in [9.17, 15) is 14.9 Å². The SMILES string of the molecule is Cn1ncc(NC(=O)C(=CC#N)CCOC(=O)NC(C)(C)C)c1NC(c1ccccc1)(c1ccccc1)c1ccccc1. The van der Waals surface area contributed by atoms with Crippen LogP contribution < -0.4 is 16.0 Å². The molecule has 9 nitrogen and oxygen atoms in total. The molecule has 1 aromatic heterocycles. The molecule has 3 N–H and O–H groups in total. The number of aryl methyl sites for hydroxylation is 1. The fraction of sp³-hybridized carbons (Fsp3) is 0.235. The lowest BCUT2D eigenvalue weighted by molar-refractivity contribution is -0.113. The smallest absolute Gasteiger partial charge is 0.407 e. The van der Waals surface area contributed by atoms with Gasteiger partial charge in [-0.15, -0.1) is 0 Å². The maximum atomic E-state index is 13.4. The van der Waals surface area contributed by atoms with Gasteiger partial charge in [-0.05, 0) is 37.5 Å². The summed E-state index contributed by atoms with van der Waals surface area (Å²) in [6, 6.07) is 32.2. The van der Waals surface area contributed by atoms with Gasteiger partial charge < -0.3 is 20.7 Å². The Morgan fingerprint density at radius 1 is 0.907 bits per heavy atom. The minimum Gasteiger partial charge on any atom is -0.449 e. The van der Waals surface area contributed by atoms with E-state index in [-0.39, 0.29) is 18.6 Å². The summed E-state index contributed by atoms with van der Waals surface area (Å²) in [5.74, 6) is 0.0594. The molecule has 1 heterocycles. The molecule has 3 aromatic carbocycles. The quantitative estimate of drug-likeness (QED) is 0.119. The van der Waals surface area contributed by atoms with E-state index in [1.54, 1.807) is 17.9 Å². The second-order valence-electron chi connectivity index (χ2n) is 11.0. The molecule has 2 amide bonds. The normalized spacial score (nSPS) is 11.7. The van der Waals surface area contributed by atoms with Crippen LogP contribution in [-0.2, 0) is 22.1 Å². The van der Waals surface area contributed by atoms with Crippen LogP contribution in [0.1, 0.15) is 43.9 Å². The Kier molecular flexibility index (Phi) is 9.63. The summed E-state index contributed by atoms with van der Waals surface area (Å²) in [4.78, 5) is 25.4. The van der Waals surface area contributed by atoms with Crippen LogP contribution in [0.5, 0.6) is 0 Å². The molecular weight excluding hydrogens is 540 g/mol. The lowest BCUT2D eigenvalue weighted by Crippen LogP contribution is -2.41. The van der Waals surface area contributed by atoms with Crippen LogP contribution in [0.15, 0.2) is 109 Å². The number of anilines is 2. The molecule has 0 saturated carbocycles. The molecule has 0 bridgehead atoms. The van der Waals surface area contributed by atoms with Crippen molar-refractivity contribution in [2.75, 3.05) is 17.2 Å². The summed E-state index contributed by atoms with van der Waals surface area (Å²) in [5, 5.41) is 23.1. The molecule has 0 aliphatic rings. The maximum absolute atomic E-state index is 13.4. The Labute approximate surface area is 252 Å². The predicted molar refractivity (Wildman–Crippen MR) is 167 cm³/mol. The van der Waals surface area contributed by atoms with Gasteiger partial charge in [-0.1, -0.05) is 91.0 Å². The number of carbonyl (C=O) groups excluding carboxylic acids is 2. The largest absolute Gasteiger partial charge is 0.449 e. The number of nitriles is 1. The van der Waals surface area contributed by atoms with E-state index in [2.05, 4.69) is 57.4 Å². The molecule has 0 unspecified atom stereocenters. The van der Waals surface area contributed by atoms with Gasteiger partial charge in [0.25, 0.3) is 5.91 Å². The predicted octanol–water partition coefficient (Wildman–Crippen LogP) is 6.13. The van der Waals surface area contributed by atoms with Crippen molar-refractivity contribution in [3.8, 4) is 6.07 Å². The second kappa shape index (κ2) is 13.5. The summed E-state index contributed by atoms with van der Waals surface area (Å²) in [5.41, 5.74) is 2.25. The molecule has 0 aliphatic carbocycles. The molecule has 220 valence electrons. The third-order valence-corrected chi connectivity index (χ3v) is 6.73. The number of benzene rings is 3. The number of amides is 2. The van der Waals surface area contributed by atoms with Crippen molar-refractivity contribution in [3.63, 3.8) is 0 Å². The van der Waals surface area contributed by atoms with Gasteiger partial charge in [0.1, 0.15) is 17.0 Å². The van der Waals surface area contributed by atoms with Gasteiger partial charge in [0.15, 0.2) is 0 Å². The molecular formula is C34H36N6O3. The topological polar surface area (TPSA) is 121 Å². The van der Waals surface area contributed by atoms with Gasteiger partial charge in [-0.25, -0.2) is 4.79 Å². The monoisotopic (exact) mass is 576 g/mol. The van der Waals surface area contributed by atoms with Gasteiger partial charge in [0.2, 0.25) is 0 Å². The average molecular weight is 577 g/mol. The van der Waals surface area contributed by atoms with E-state index in [1.807, 2.05) is 81.4 Å². The van der Waals surface area contributed by atoms with Crippen molar-refractivity contribution >= 4 is 23.5 Å². The summed E-state index contributed by atoms with van der Waals surface area (Å²) in [7, 11) is 1.79. The first-order valence-electron chi connectivity index (χ1n) is 14.0. The Morgan fingerprint density at radius 2 is 1.42 bits per heavy atom. The number of rotatable bonds is 10. The fourth-order valence-electron chi connectivity index (χ4n) is 4.76. The van der Waals surface area contributed by atoms with E-state index >= 15 is 0 Å². The number of aromatic nitrogens is 2. The summed E-state index contributed by atoms with van der Waals surface area (Å²) < 4.78 is 6.89. The number of carbonyl (C=O) groups is 2. The standard InChI is InChI=1S/C34H36N6O3/c1-33(2,3)39-32(42)43-23-21-25(20-22-35)31(41)37-29-24-36-40(4)30(29)38-34(26-14-8-5-9-15-26,27-16-10-6-11-17-27)28-18-12-7-13-19-28/h5-20,24,38H,21,23H2,1-4H3,(H,37,41)(H,39,42). The maximum Gasteiger partial charge on any atom is 0.407 e. The molecule has 9 heteroatoms. The van der Waals surface area contributed by atoms with Crippen LogP contribution >= 0.6 is 0 Å². The summed E-state index contributed by atoms with van der Waals surface area (Å²) in [6.07, 6.45) is 2.18. The van der Waals surface area contributed by atoms with E-state index in [1.165, 1.54) is 0 Å². The summed E-state index contributed by atoms with van der Waals surface area (Å²) >= 11 is 0. The minimum absolute atomic E-state index is 0.0575. The van der Waals surface area contributed by atoms with Crippen LogP contribution in [0.4, 0.5) is 16.3 Å². The van der Waals surface area contributed by atoms with E-state index < -0.39 is 23.1 Å². The Morgan fingerprint density at radius 3 is 1.88 bits per heavy atom. The molecule has 0 radical (unpaired) electrons. The molecule has 4 rings (SSSR count). The average Bonchev–Trinajstić information content (AvgIpc) is 3.33. The summed E-state index contributed by atoms with van der Waals surface area (Å²) in [6.45, 7) is 5.44. The molecule has 0 saturated heterocycles. The minimum atomic E-state index is -0.851. The number of allylic oxidation sites excluding steroid dienone is 1. The zero-order chi connectivity index (χ0) is 30.9. The lowest BCUT2D eigenvalue weighted by atomic mass is 9.77. The van der Waals surface area contributed by atoms with Gasteiger partial charge in [-0.2, -0.15) is 10.4 Å². The second-order valence-corrected chi connectivity index (χ2v) is 11.0.